The van der Waals surface area contributed by atoms with Crippen LogP contribution >= 0.6 is 23.2 Å². The normalized spacial score (nSPS) is 18.7. The maximum atomic E-state index is 14.3. The Kier molecular flexibility index (Phi) is 9.23. The Morgan fingerprint density at radius 3 is 2.35 bits per heavy atom. The van der Waals surface area contributed by atoms with Crippen molar-refractivity contribution >= 4 is 51.1 Å². The molecule has 244 valence electrons. The first-order chi connectivity index (χ1) is 21.6. The molecule has 2 heterocycles. The SMILES string of the molecule is Cc1cc(C2=NO[C@@](c3cc(Cl)c(F)c(Cl)c3)(C(F)(F)F)C2)ccc1C(=O)NC1CN(S(=O)(=O)NC(=O)OCc2ccccc2)C1. The van der Waals surface area contributed by atoms with Gasteiger partial charge in [0.2, 0.25) is 0 Å². The van der Waals surface area contributed by atoms with E-state index in [2.05, 4.69) is 10.5 Å². The van der Waals surface area contributed by atoms with E-state index in [1.807, 2.05) is 4.72 Å². The van der Waals surface area contributed by atoms with Gasteiger partial charge in [-0.15, -0.1) is 0 Å². The summed E-state index contributed by atoms with van der Waals surface area (Å²) in [5.74, 6) is -1.62. The summed E-state index contributed by atoms with van der Waals surface area (Å²) in [6.07, 6.45) is -6.92. The van der Waals surface area contributed by atoms with Gasteiger partial charge in [-0.2, -0.15) is 25.9 Å². The lowest BCUT2D eigenvalue weighted by atomic mass is 9.86. The fourth-order valence-electron chi connectivity index (χ4n) is 4.86. The fraction of sp³-hybridized carbons (Fsp3) is 0.276. The second-order valence-electron chi connectivity index (χ2n) is 10.6. The van der Waals surface area contributed by atoms with Crippen molar-refractivity contribution in [2.24, 2.45) is 5.16 Å². The van der Waals surface area contributed by atoms with Crippen LogP contribution in [0.4, 0.5) is 22.4 Å². The third-order valence-corrected chi connectivity index (χ3v) is 9.34. The summed E-state index contributed by atoms with van der Waals surface area (Å²) >= 11 is 11.5. The molecule has 2 aliphatic heterocycles. The van der Waals surface area contributed by atoms with Gasteiger partial charge in [-0.1, -0.05) is 64.8 Å². The highest BCUT2D eigenvalue weighted by Crippen LogP contribution is 2.50. The Labute approximate surface area is 270 Å². The number of nitrogens with one attached hydrogen (secondary N) is 2. The number of carbonyl (C=O) groups is 2. The van der Waals surface area contributed by atoms with Crippen molar-refractivity contribution in [3.8, 4) is 0 Å². The zero-order valence-corrected chi connectivity index (χ0v) is 26.0. The molecule has 2 N–H and O–H groups in total. The summed E-state index contributed by atoms with van der Waals surface area (Å²) in [5, 5.41) is 5.13. The number of halogens is 6. The average molecular weight is 703 g/mol. The number of hydrogen-bond acceptors (Lipinski definition) is 7. The molecule has 46 heavy (non-hydrogen) atoms. The molecular weight excluding hydrogens is 679 g/mol. The monoisotopic (exact) mass is 702 g/mol. The molecule has 2 aliphatic rings. The standard InChI is InChI=1S/C29H24Cl2F4N4O6S/c1-16-9-18(24-12-28(45-37-24,29(33,34)35)19-10-22(30)25(32)23(31)11-19)7-8-21(16)26(40)36-20-13-39(14-20)46(42,43)38-27(41)44-15-17-5-3-2-4-6-17/h2-11,20H,12-15H2,1H3,(H,36,40)(H,38,41)/t28-/m0/s1. The molecule has 0 bridgehead atoms. The number of benzene rings is 3. The van der Waals surface area contributed by atoms with Crippen LogP contribution in [-0.2, 0) is 32.0 Å². The Hall–Kier alpha value is -3.92. The lowest BCUT2D eigenvalue weighted by Crippen LogP contribution is -2.63. The van der Waals surface area contributed by atoms with Crippen LogP contribution in [0.15, 0.2) is 65.8 Å². The highest BCUT2D eigenvalue weighted by atomic mass is 35.5. The molecule has 1 atom stereocenters. The van der Waals surface area contributed by atoms with Crippen molar-refractivity contribution in [3.05, 3.63) is 104 Å². The Morgan fingerprint density at radius 2 is 1.74 bits per heavy atom. The molecule has 5 rings (SSSR count). The highest BCUT2D eigenvalue weighted by Gasteiger charge is 2.62. The molecule has 0 aliphatic carbocycles. The number of alkyl halides is 3. The van der Waals surface area contributed by atoms with E-state index in [0.717, 1.165) is 16.4 Å². The van der Waals surface area contributed by atoms with E-state index >= 15 is 0 Å². The number of ether oxygens (including phenoxy) is 1. The molecule has 3 aromatic carbocycles. The molecule has 0 saturated carbocycles. The van der Waals surface area contributed by atoms with Gasteiger partial charge in [0.05, 0.1) is 21.8 Å². The third-order valence-electron chi connectivity index (χ3n) is 7.39. The molecule has 0 aromatic heterocycles. The molecule has 0 radical (unpaired) electrons. The van der Waals surface area contributed by atoms with Crippen LogP contribution < -0.4 is 10.0 Å². The summed E-state index contributed by atoms with van der Waals surface area (Å²) in [6.45, 7) is 1.21. The van der Waals surface area contributed by atoms with Crippen LogP contribution in [-0.4, -0.2) is 55.7 Å². The van der Waals surface area contributed by atoms with Gasteiger partial charge in [0, 0.05) is 30.6 Å². The van der Waals surface area contributed by atoms with Crippen LogP contribution in [0.5, 0.6) is 0 Å². The zero-order valence-electron chi connectivity index (χ0n) is 23.7. The van der Waals surface area contributed by atoms with E-state index < -0.39 is 67.9 Å². The maximum absolute atomic E-state index is 14.3. The number of amides is 2. The van der Waals surface area contributed by atoms with Crippen LogP contribution in [0.3, 0.4) is 0 Å². The number of oxime groups is 1. The first kappa shape index (κ1) is 33.4. The highest BCUT2D eigenvalue weighted by molar-refractivity contribution is 7.87. The van der Waals surface area contributed by atoms with Crippen molar-refractivity contribution in [1.82, 2.24) is 14.3 Å². The van der Waals surface area contributed by atoms with E-state index in [-0.39, 0.29) is 36.5 Å². The minimum Gasteiger partial charge on any atom is -0.444 e. The van der Waals surface area contributed by atoms with Gasteiger partial charge in [-0.05, 0) is 47.9 Å². The van der Waals surface area contributed by atoms with Gasteiger partial charge in [0.25, 0.3) is 11.5 Å². The van der Waals surface area contributed by atoms with Gasteiger partial charge >= 0.3 is 22.5 Å². The van der Waals surface area contributed by atoms with Gasteiger partial charge in [-0.3, -0.25) is 4.79 Å². The van der Waals surface area contributed by atoms with Crippen LogP contribution in [0.2, 0.25) is 10.0 Å². The molecule has 2 amide bonds. The number of rotatable bonds is 8. The summed E-state index contributed by atoms with van der Waals surface area (Å²) < 4.78 is 89.5. The van der Waals surface area contributed by atoms with E-state index in [9.17, 15) is 35.6 Å². The van der Waals surface area contributed by atoms with Crippen molar-refractivity contribution in [2.45, 2.75) is 37.8 Å². The lowest BCUT2D eigenvalue weighted by Gasteiger charge is -2.37. The largest absolute Gasteiger partial charge is 0.444 e. The van der Waals surface area contributed by atoms with Gasteiger partial charge in [0.1, 0.15) is 6.61 Å². The topological polar surface area (TPSA) is 126 Å². The fourth-order valence-corrected chi connectivity index (χ4v) is 6.49. The Morgan fingerprint density at radius 1 is 1.09 bits per heavy atom. The van der Waals surface area contributed by atoms with Crippen LogP contribution in [0.1, 0.15) is 39.0 Å². The van der Waals surface area contributed by atoms with Crippen molar-refractivity contribution in [1.29, 1.82) is 0 Å². The zero-order chi connectivity index (χ0) is 33.4. The van der Waals surface area contributed by atoms with E-state index in [1.165, 1.54) is 18.2 Å². The van der Waals surface area contributed by atoms with Crippen LogP contribution in [0.25, 0.3) is 0 Å². The number of carbonyl (C=O) groups excluding carboxylic acids is 2. The molecule has 1 fully saturated rings. The minimum absolute atomic E-state index is 0.0846. The third kappa shape index (κ3) is 6.77. The van der Waals surface area contributed by atoms with E-state index in [4.69, 9.17) is 32.8 Å². The molecular formula is C29H24Cl2F4N4O6S. The number of nitrogens with zero attached hydrogens (tertiary/aromatic N) is 2. The van der Waals surface area contributed by atoms with Crippen molar-refractivity contribution in [3.63, 3.8) is 0 Å². The first-order valence-electron chi connectivity index (χ1n) is 13.5. The molecule has 10 nitrogen and oxygen atoms in total. The predicted octanol–water partition coefficient (Wildman–Crippen LogP) is 5.61. The summed E-state index contributed by atoms with van der Waals surface area (Å²) in [6, 6.07) is 13.9. The second kappa shape index (κ2) is 12.7. The molecule has 3 aromatic rings. The maximum Gasteiger partial charge on any atom is 0.435 e. The van der Waals surface area contributed by atoms with Gasteiger partial charge in [-0.25, -0.2) is 13.9 Å². The first-order valence-corrected chi connectivity index (χ1v) is 15.7. The predicted molar refractivity (Wildman–Crippen MR) is 159 cm³/mol. The Bertz CT molecular complexity index is 1800. The minimum atomic E-state index is -4.99. The smallest absolute Gasteiger partial charge is 0.435 e. The Balaban J connectivity index is 1.18. The quantitative estimate of drug-likeness (QED) is 0.232. The molecule has 1 saturated heterocycles. The summed E-state index contributed by atoms with van der Waals surface area (Å²) in [5.41, 5.74) is -2.10. The van der Waals surface area contributed by atoms with Crippen molar-refractivity contribution < 1.29 is 45.1 Å². The lowest BCUT2D eigenvalue weighted by molar-refractivity contribution is -0.275. The van der Waals surface area contributed by atoms with E-state index in [0.29, 0.717) is 11.1 Å². The molecule has 17 heteroatoms. The summed E-state index contributed by atoms with van der Waals surface area (Å²) in [4.78, 5) is 29.9. The second-order valence-corrected chi connectivity index (χ2v) is 13.1. The average Bonchev–Trinajstić information content (AvgIpc) is 3.44. The van der Waals surface area contributed by atoms with Crippen LogP contribution in [0, 0.1) is 12.7 Å². The number of hydrogen-bond donors (Lipinski definition) is 2. The molecule has 0 unspecified atom stereocenters. The van der Waals surface area contributed by atoms with E-state index in [1.54, 1.807) is 37.3 Å². The number of aryl methyl sites for hydroxylation is 1. The molecule has 0 spiro atoms. The van der Waals surface area contributed by atoms with Gasteiger partial charge in [0.15, 0.2) is 5.82 Å². The summed E-state index contributed by atoms with van der Waals surface area (Å²) in [7, 11) is -4.21. The van der Waals surface area contributed by atoms with Crippen molar-refractivity contribution in [2.75, 3.05) is 13.1 Å². The van der Waals surface area contributed by atoms with Gasteiger partial charge < -0.3 is 14.9 Å².